The second-order valence-electron chi connectivity index (χ2n) is 10.7. The van der Waals surface area contributed by atoms with Crippen molar-refractivity contribution in [3.8, 4) is 11.1 Å². The summed E-state index contributed by atoms with van der Waals surface area (Å²) in [7, 11) is 1.58. The van der Waals surface area contributed by atoms with Crippen LogP contribution >= 0.6 is 11.8 Å². The van der Waals surface area contributed by atoms with Crippen LogP contribution in [0, 0.1) is 0 Å². The number of rotatable bonds is 10. The molecule has 0 fully saturated rings. The summed E-state index contributed by atoms with van der Waals surface area (Å²) in [5, 5.41) is 5.60. The molecule has 0 saturated heterocycles. The van der Waals surface area contributed by atoms with Crippen LogP contribution in [0.3, 0.4) is 0 Å². The van der Waals surface area contributed by atoms with Gasteiger partial charge in [-0.15, -0.1) is 11.8 Å². The molecule has 5 nitrogen and oxygen atoms in total. The second-order valence-corrected chi connectivity index (χ2v) is 12.0. The monoisotopic (exact) mass is 598 g/mol. The maximum atomic E-state index is 13.3. The summed E-state index contributed by atoms with van der Waals surface area (Å²) in [5.41, 5.74) is 7.85. The summed E-state index contributed by atoms with van der Waals surface area (Å²) < 4.78 is 5.19. The third-order valence-corrected chi connectivity index (χ3v) is 9.85. The van der Waals surface area contributed by atoms with E-state index in [-0.39, 0.29) is 18.4 Å². The number of thioether (sulfide) groups is 1. The van der Waals surface area contributed by atoms with Gasteiger partial charge in [0.1, 0.15) is 12.6 Å². The van der Waals surface area contributed by atoms with Crippen molar-refractivity contribution in [2.45, 2.75) is 16.7 Å². The van der Waals surface area contributed by atoms with Gasteiger partial charge in [0.15, 0.2) is 0 Å². The molecule has 1 aliphatic carbocycles. The summed E-state index contributed by atoms with van der Waals surface area (Å²) in [4.78, 5) is 26.4. The fourth-order valence-electron chi connectivity index (χ4n) is 6.12. The number of hydrogen-bond acceptors (Lipinski definition) is 4. The van der Waals surface area contributed by atoms with Crippen LogP contribution in [0.1, 0.15) is 33.7 Å². The Hall–Kier alpha value is -4.81. The van der Waals surface area contributed by atoms with Crippen LogP contribution in [0.15, 0.2) is 140 Å². The van der Waals surface area contributed by atoms with E-state index in [0.717, 1.165) is 38.9 Å². The lowest BCUT2D eigenvalue weighted by atomic mass is 9.84. The molecule has 0 spiro atoms. The number of carbonyl (C=O) groups excluding carboxylic acids is 2. The van der Waals surface area contributed by atoms with Crippen LogP contribution < -0.4 is 10.6 Å². The van der Waals surface area contributed by atoms with Gasteiger partial charge in [0.05, 0.1) is 4.75 Å². The van der Waals surface area contributed by atoms with Crippen LogP contribution in [0.4, 0.5) is 4.79 Å². The van der Waals surface area contributed by atoms with Crippen molar-refractivity contribution in [1.29, 1.82) is 0 Å². The third-order valence-electron chi connectivity index (χ3n) is 8.21. The highest BCUT2D eigenvalue weighted by atomic mass is 32.2. The van der Waals surface area contributed by atoms with E-state index < -0.39 is 16.9 Å². The van der Waals surface area contributed by atoms with Crippen molar-refractivity contribution in [2.24, 2.45) is 0 Å². The first-order valence-electron chi connectivity index (χ1n) is 14.8. The zero-order chi connectivity index (χ0) is 30.4. The predicted octanol–water partition coefficient (Wildman–Crippen LogP) is 7.37. The van der Waals surface area contributed by atoms with Gasteiger partial charge in [-0.05, 0) is 38.9 Å². The Balaban J connectivity index is 1.25. The first-order valence-corrected chi connectivity index (χ1v) is 15.7. The molecule has 5 aromatic carbocycles. The molecule has 0 bridgehead atoms. The SMILES string of the molecule is CNC(=O)[C@H](CSC(c1ccccc1)(c1ccccc1)c1ccccc1)NC(=O)OCC1c2ccccc2-c2ccccc21. The lowest BCUT2D eigenvalue weighted by molar-refractivity contribution is -0.122. The number of hydrogen-bond donors (Lipinski definition) is 2. The Labute approximate surface area is 262 Å². The summed E-state index contributed by atoms with van der Waals surface area (Å²) in [5.74, 6) is -0.0419. The van der Waals surface area contributed by atoms with Gasteiger partial charge in [-0.2, -0.15) is 0 Å². The Morgan fingerprint density at radius 3 is 1.57 bits per heavy atom. The van der Waals surface area contributed by atoms with Gasteiger partial charge < -0.3 is 15.4 Å². The molecule has 1 aliphatic rings. The Morgan fingerprint density at radius 1 is 0.682 bits per heavy atom. The number of likely N-dealkylation sites (N-methyl/N-ethyl adjacent to an activating group) is 1. The summed E-state index contributed by atoms with van der Waals surface area (Å²) >= 11 is 1.62. The fraction of sp³-hybridized carbons (Fsp3) is 0.158. The lowest BCUT2D eigenvalue weighted by Crippen LogP contribution is -2.48. The van der Waals surface area contributed by atoms with Crippen LogP contribution in [-0.2, 0) is 14.3 Å². The normalized spacial score (nSPS) is 12.9. The van der Waals surface area contributed by atoms with Crippen LogP contribution in [0.2, 0.25) is 0 Å². The molecular formula is C38H34N2O3S. The second kappa shape index (κ2) is 13.2. The lowest BCUT2D eigenvalue weighted by Gasteiger charge is -2.36. The van der Waals surface area contributed by atoms with Crippen molar-refractivity contribution in [1.82, 2.24) is 10.6 Å². The molecule has 0 aliphatic heterocycles. The minimum atomic E-state index is -0.823. The van der Waals surface area contributed by atoms with E-state index in [1.54, 1.807) is 18.8 Å². The minimum Gasteiger partial charge on any atom is -0.449 e. The summed E-state index contributed by atoms with van der Waals surface area (Å²) in [6, 6.07) is 46.5. The highest BCUT2D eigenvalue weighted by molar-refractivity contribution is 8.00. The average Bonchev–Trinajstić information content (AvgIpc) is 3.41. The van der Waals surface area contributed by atoms with Gasteiger partial charge >= 0.3 is 6.09 Å². The Kier molecular flexibility index (Phi) is 8.80. The zero-order valence-electron chi connectivity index (χ0n) is 24.5. The molecule has 0 aromatic heterocycles. The molecule has 6 heteroatoms. The van der Waals surface area contributed by atoms with E-state index in [9.17, 15) is 9.59 Å². The van der Waals surface area contributed by atoms with Crippen LogP contribution in [0.25, 0.3) is 11.1 Å². The highest BCUT2D eigenvalue weighted by Gasteiger charge is 2.38. The number of fused-ring (bicyclic) bond motifs is 3. The first kappa shape index (κ1) is 29.3. The highest BCUT2D eigenvalue weighted by Crippen LogP contribution is 2.49. The molecule has 220 valence electrons. The molecule has 5 aromatic rings. The smallest absolute Gasteiger partial charge is 0.407 e. The maximum Gasteiger partial charge on any atom is 0.407 e. The molecule has 44 heavy (non-hydrogen) atoms. The van der Waals surface area contributed by atoms with Crippen LogP contribution in [-0.4, -0.2) is 37.4 Å². The molecule has 2 N–H and O–H groups in total. The van der Waals surface area contributed by atoms with Gasteiger partial charge in [-0.25, -0.2) is 4.79 Å². The number of benzene rings is 5. The molecule has 0 unspecified atom stereocenters. The molecule has 0 saturated carbocycles. The quantitative estimate of drug-likeness (QED) is 0.165. The maximum absolute atomic E-state index is 13.3. The van der Waals surface area contributed by atoms with Crippen molar-refractivity contribution in [2.75, 3.05) is 19.4 Å². The van der Waals surface area contributed by atoms with Crippen molar-refractivity contribution in [3.05, 3.63) is 167 Å². The Bertz CT molecular complexity index is 1590. The molecule has 0 heterocycles. The Morgan fingerprint density at radius 2 is 1.11 bits per heavy atom. The van der Waals surface area contributed by atoms with Gasteiger partial charge in [0.2, 0.25) is 5.91 Å². The first-order chi connectivity index (χ1) is 21.6. The molecular weight excluding hydrogens is 564 g/mol. The standard InChI is InChI=1S/C38H34N2O3S/c1-39-36(41)35(40-37(42)43-25-34-32-23-13-11-21-30(32)31-22-12-14-24-33(31)34)26-44-38(27-15-5-2-6-16-27,28-17-7-3-8-18-28)29-19-9-4-10-20-29/h2-24,34-35H,25-26H2,1H3,(H,39,41)(H,40,42)/t35-/m0/s1. The van der Waals surface area contributed by atoms with Gasteiger partial charge in [0, 0.05) is 18.7 Å². The zero-order valence-corrected chi connectivity index (χ0v) is 25.3. The third kappa shape index (κ3) is 5.73. The molecule has 6 rings (SSSR count). The van der Waals surface area contributed by atoms with Crippen molar-refractivity contribution >= 4 is 23.8 Å². The van der Waals surface area contributed by atoms with Crippen molar-refractivity contribution in [3.63, 3.8) is 0 Å². The van der Waals surface area contributed by atoms with Crippen LogP contribution in [0.5, 0.6) is 0 Å². The van der Waals surface area contributed by atoms with Crippen molar-refractivity contribution < 1.29 is 14.3 Å². The number of ether oxygens (including phenoxy) is 1. The number of alkyl carbamates (subject to hydrolysis) is 1. The topological polar surface area (TPSA) is 67.4 Å². The number of carbonyl (C=O) groups is 2. The van der Waals surface area contributed by atoms with E-state index in [2.05, 4.69) is 71.3 Å². The van der Waals surface area contributed by atoms with E-state index in [4.69, 9.17) is 4.74 Å². The largest absolute Gasteiger partial charge is 0.449 e. The predicted molar refractivity (Wildman–Crippen MR) is 178 cm³/mol. The minimum absolute atomic E-state index is 0.0668. The van der Waals surface area contributed by atoms with E-state index >= 15 is 0 Å². The molecule has 0 radical (unpaired) electrons. The molecule has 1 atom stereocenters. The van der Waals surface area contributed by atoms with E-state index in [1.165, 1.54) is 0 Å². The molecule has 2 amide bonds. The fourth-order valence-corrected chi connectivity index (χ4v) is 7.68. The van der Waals surface area contributed by atoms with Gasteiger partial charge in [0.25, 0.3) is 0 Å². The summed E-state index contributed by atoms with van der Waals surface area (Å²) in [6.45, 7) is 0.176. The summed E-state index contributed by atoms with van der Waals surface area (Å²) in [6.07, 6.45) is -0.620. The average molecular weight is 599 g/mol. The number of nitrogens with one attached hydrogen (secondary N) is 2. The van der Waals surface area contributed by atoms with Gasteiger partial charge in [-0.1, -0.05) is 140 Å². The van der Waals surface area contributed by atoms with E-state index in [1.807, 2.05) is 78.9 Å². The van der Waals surface area contributed by atoms with Gasteiger partial charge in [-0.3, -0.25) is 4.79 Å². The van der Waals surface area contributed by atoms with E-state index in [0.29, 0.717) is 5.75 Å². The number of amides is 2.